The monoisotopic (exact) mass is 499 g/mol. The number of hydrogen-bond acceptors (Lipinski definition) is 5. The molecule has 0 saturated carbocycles. The molecule has 0 bridgehead atoms. The minimum atomic E-state index is -0.817. The molecule has 3 aromatic carbocycles. The van der Waals surface area contributed by atoms with Crippen molar-refractivity contribution in [1.82, 2.24) is 0 Å². The van der Waals surface area contributed by atoms with Gasteiger partial charge < -0.3 is 13.9 Å². The Hall–Kier alpha value is -4.39. The molecule has 1 aliphatic heterocycles. The van der Waals surface area contributed by atoms with Crippen molar-refractivity contribution in [2.24, 2.45) is 0 Å². The summed E-state index contributed by atoms with van der Waals surface area (Å²) in [5.74, 6) is 0.0463. The third-order valence-electron chi connectivity index (χ3n) is 6.53. The first-order chi connectivity index (χ1) is 17.8. The molecule has 7 heteroatoms. The summed E-state index contributed by atoms with van der Waals surface area (Å²) in [5.41, 5.74) is 3.25. The molecular weight excluding hydrogens is 473 g/mol. The Labute approximate surface area is 213 Å². The van der Waals surface area contributed by atoms with Crippen LogP contribution in [0.15, 0.2) is 76.5 Å². The lowest BCUT2D eigenvalue weighted by Gasteiger charge is -2.26. The topological polar surface area (TPSA) is 69.0 Å². The zero-order valence-corrected chi connectivity index (χ0v) is 20.8. The summed E-state index contributed by atoms with van der Waals surface area (Å²) in [6.45, 7) is 10.1. The molecular formula is C30H26FNO5. The lowest BCUT2D eigenvalue weighted by Crippen LogP contribution is -2.29. The van der Waals surface area contributed by atoms with E-state index in [1.807, 2.05) is 20.8 Å². The second-order valence-corrected chi connectivity index (χ2v) is 8.90. The summed E-state index contributed by atoms with van der Waals surface area (Å²) in [4.78, 5) is 29.1. The number of anilines is 1. The molecule has 2 heterocycles. The number of nitrogens with zero attached hydrogens (tertiary/aromatic N) is 1. The van der Waals surface area contributed by atoms with Crippen LogP contribution in [0.1, 0.15) is 45.8 Å². The van der Waals surface area contributed by atoms with Gasteiger partial charge in [-0.25, -0.2) is 4.39 Å². The van der Waals surface area contributed by atoms with Crippen LogP contribution in [-0.4, -0.2) is 19.1 Å². The van der Waals surface area contributed by atoms with Crippen LogP contribution in [-0.2, 0) is 0 Å². The average molecular weight is 500 g/mol. The van der Waals surface area contributed by atoms with Crippen LogP contribution >= 0.6 is 0 Å². The van der Waals surface area contributed by atoms with Crippen molar-refractivity contribution >= 4 is 22.6 Å². The van der Waals surface area contributed by atoms with Gasteiger partial charge in [-0.1, -0.05) is 18.7 Å². The van der Waals surface area contributed by atoms with Gasteiger partial charge in [0.1, 0.15) is 18.0 Å². The van der Waals surface area contributed by atoms with Gasteiger partial charge in [0.15, 0.2) is 16.9 Å². The smallest absolute Gasteiger partial charge is 0.295 e. The van der Waals surface area contributed by atoms with E-state index in [9.17, 15) is 14.0 Å². The van der Waals surface area contributed by atoms with Crippen molar-refractivity contribution in [3.63, 3.8) is 0 Å². The van der Waals surface area contributed by atoms with E-state index in [1.54, 1.807) is 36.4 Å². The second-order valence-electron chi connectivity index (χ2n) is 8.90. The van der Waals surface area contributed by atoms with Gasteiger partial charge in [0.2, 0.25) is 5.76 Å². The number of amides is 1. The first kappa shape index (κ1) is 24.3. The van der Waals surface area contributed by atoms with E-state index in [0.717, 1.165) is 11.1 Å². The molecule has 1 atom stereocenters. The maximum absolute atomic E-state index is 13.9. The molecule has 37 heavy (non-hydrogen) atoms. The fraction of sp³-hybridized carbons (Fsp3) is 0.200. The van der Waals surface area contributed by atoms with Crippen LogP contribution in [0.2, 0.25) is 0 Å². The highest BCUT2D eigenvalue weighted by Crippen LogP contribution is 2.43. The Morgan fingerprint density at radius 3 is 2.43 bits per heavy atom. The van der Waals surface area contributed by atoms with E-state index in [2.05, 4.69) is 6.58 Å². The molecule has 0 fully saturated rings. The van der Waals surface area contributed by atoms with Crippen molar-refractivity contribution in [3.05, 3.63) is 111 Å². The third-order valence-corrected chi connectivity index (χ3v) is 6.53. The summed E-state index contributed by atoms with van der Waals surface area (Å²) in [5, 5.41) is 0.400. The number of carbonyl (C=O) groups is 1. The Morgan fingerprint density at radius 2 is 1.73 bits per heavy atom. The number of carbonyl (C=O) groups excluding carboxylic acids is 1. The molecule has 5 rings (SSSR count). The molecule has 1 aromatic heterocycles. The molecule has 1 unspecified atom stereocenters. The number of fused-ring (bicyclic) bond motifs is 2. The number of ether oxygens (including phenoxy) is 2. The van der Waals surface area contributed by atoms with Gasteiger partial charge in [-0.3, -0.25) is 14.5 Å². The number of halogens is 1. The van der Waals surface area contributed by atoms with E-state index in [1.165, 1.54) is 29.2 Å². The van der Waals surface area contributed by atoms with Crippen LogP contribution in [0.25, 0.3) is 11.0 Å². The Balaban J connectivity index is 1.77. The lowest BCUT2D eigenvalue weighted by atomic mass is 9.97. The fourth-order valence-corrected chi connectivity index (χ4v) is 4.64. The van der Waals surface area contributed by atoms with Crippen LogP contribution in [0.3, 0.4) is 0 Å². The molecule has 0 radical (unpaired) electrons. The van der Waals surface area contributed by atoms with E-state index >= 15 is 0 Å². The normalized spacial score (nSPS) is 14.6. The highest BCUT2D eigenvalue weighted by atomic mass is 19.1. The number of rotatable bonds is 7. The van der Waals surface area contributed by atoms with Crippen LogP contribution < -0.4 is 19.8 Å². The third kappa shape index (κ3) is 4.16. The van der Waals surface area contributed by atoms with E-state index in [0.29, 0.717) is 46.9 Å². The summed E-state index contributed by atoms with van der Waals surface area (Å²) >= 11 is 0. The van der Waals surface area contributed by atoms with Crippen LogP contribution in [0.5, 0.6) is 11.5 Å². The number of aryl methyl sites for hydroxylation is 2. The summed E-state index contributed by atoms with van der Waals surface area (Å²) in [6, 6.07) is 13.6. The van der Waals surface area contributed by atoms with Crippen LogP contribution in [0.4, 0.5) is 10.1 Å². The standard InChI is InChI=1S/C30H26FNO5/c1-5-13-36-23-12-7-19(16-25(23)35-6-2)27-26-28(33)22-14-17(3)18(4)15-24(22)37-29(26)30(34)32(27)21-10-8-20(31)9-11-21/h5,7-12,14-16,27H,1,6,13H2,2-4H3. The Bertz CT molecular complexity index is 1590. The molecule has 0 spiro atoms. The van der Waals surface area contributed by atoms with Crippen molar-refractivity contribution in [1.29, 1.82) is 0 Å². The van der Waals surface area contributed by atoms with Gasteiger partial charge in [0, 0.05) is 5.69 Å². The highest BCUT2D eigenvalue weighted by Gasteiger charge is 2.44. The first-order valence-corrected chi connectivity index (χ1v) is 12.0. The van der Waals surface area contributed by atoms with E-state index in [4.69, 9.17) is 13.9 Å². The highest BCUT2D eigenvalue weighted by molar-refractivity contribution is 6.10. The molecule has 0 aliphatic carbocycles. The minimum Gasteiger partial charge on any atom is -0.490 e. The first-order valence-electron chi connectivity index (χ1n) is 12.0. The summed E-state index contributed by atoms with van der Waals surface area (Å²) in [6.07, 6.45) is 1.63. The molecule has 6 nitrogen and oxygen atoms in total. The molecule has 4 aromatic rings. The van der Waals surface area contributed by atoms with Gasteiger partial charge >= 0.3 is 0 Å². The quantitative estimate of drug-likeness (QED) is 0.281. The average Bonchev–Trinajstić information content (AvgIpc) is 3.17. The summed E-state index contributed by atoms with van der Waals surface area (Å²) < 4.78 is 31.4. The van der Waals surface area contributed by atoms with E-state index in [-0.39, 0.29) is 16.8 Å². The zero-order valence-electron chi connectivity index (χ0n) is 20.8. The Morgan fingerprint density at radius 1 is 1.00 bits per heavy atom. The maximum atomic E-state index is 13.9. The maximum Gasteiger partial charge on any atom is 0.295 e. The number of hydrogen-bond donors (Lipinski definition) is 0. The van der Waals surface area contributed by atoms with Gasteiger partial charge in [-0.15, -0.1) is 0 Å². The number of benzene rings is 3. The molecule has 188 valence electrons. The fourth-order valence-electron chi connectivity index (χ4n) is 4.64. The van der Waals surface area contributed by atoms with Crippen molar-refractivity contribution < 1.29 is 23.1 Å². The van der Waals surface area contributed by atoms with Gasteiger partial charge in [-0.05, 0) is 86.0 Å². The largest absolute Gasteiger partial charge is 0.490 e. The molecule has 1 amide bonds. The van der Waals surface area contributed by atoms with E-state index < -0.39 is 17.8 Å². The minimum absolute atomic E-state index is 0.0278. The van der Waals surface area contributed by atoms with Crippen LogP contribution in [0, 0.1) is 19.7 Å². The van der Waals surface area contributed by atoms with Crippen molar-refractivity contribution in [2.75, 3.05) is 18.1 Å². The second kappa shape index (κ2) is 9.58. The Kier molecular flexibility index (Phi) is 6.29. The van der Waals surface area contributed by atoms with Gasteiger partial charge in [-0.2, -0.15) is 0 Å². The van der Waals surface area contributed by atoms with Crippen molar-refractivity contribution in [2.45, 2.75) is 26.8 Å². The van der Waals surface area contributed by atoms with Gasteiger partial charge in [0.05, 0.1) is 23.6 Å². The zero-order chi connectivity index (χ0) is 26.3. The van der Waals surface area contributed by atoms with Crippen molar-refractivity contribution in [3.8, 4) is 11.5 Å². The predicted octanol–water partition coefficient (Wildman–Crippen LogP) is 6.26. The van der Waals surface area contributed by atoms with Gasteiger partial charge in [0.25, 0.3) is 5.91 Å². The SMILES string of the molecule is C=CCOc1ccc(C2c3c(oc4cc(C)c(C)cc4c3=O)C(=O)N2c2ccc(F)cc2)cc1OCC. The molecule has 0 saturated heterocycles. The predicted molar refractivity (Wildman–Crippen MR) is 140 cm³/mol. The molecule has 1 aliphatic rings. The molecule has 0 N–H and O–H groups in total. The summed E-state index contributed by atoms with van der Waals surface area (Å²) in [7, 11) is 0. The lowest BCUT2D eigenvalue weighted by molar-refractivity contribution is 0.0971.